The molecule has 1 aliphatic rings. The minimum absolute atomic E-state index is 0.301. The molecule has 1 heterocycles. The van der Waals surface area contributed by atoms with Gasteiger partial charge in [0.25, 0.3) is 0 Å². The fourth-order valence-electron chi connectivity index (χ4n) is 1.76. The number of rotatable bonds is 1. The van der Waals surface area contributed by atoms with Crippen LogP contribution in [-0.4, -0.2) is 16.1 Å². The van der Waals surface area contributed by atoms with E-state index in [1.807, 2.05) is 0 Å². The molecular formula is C9H11NO2S. The number of carbonyl (C=O) groups is 1. The summed E-state index contributed by atoms with van der Waals surface area (Å²) in [5.74, 6) is -1.00. The molecule has 4 heteroatoms. The largest absolute Gasteiger partial charge is 0.481 e. The molecule has 3 nitrogen and oxygen atoms in total. The maximum atomic E-state index is 10.9. The molecule has 1 aliphatic carbocycles. The molecule has 2 rings (SSSR count). The second-order valence-electron chi connectivity index (χ2n) is 3.30. The molecule has 0 saturated carbocycles. The van der Waals surface area contributed by atoms with E-state index < -0.39 is 5.97 Å². The molecule has 1 atom stereocenters. The zero-order valence-corrected chi connectivity index (χ0v) is 8.01. The van der Waals surface area contributed by atoms with Gasteiger partial charge in [0.2, 0.25) is 0 Å². The van der Waals surface area contributed by atoms with E-state index in [2.05, 4.69) is 4.98 Å². The van der Waals surface area contributed by atoms with Gasteiger partial charge in [0.05, 0.1) is 17.1 Å². The van der Waals surface area contributed by atoms with Gasteiger partial charge in [0, 0.05) is 4.88 Å². The van der Waals surface area contributed by atoms with Crippen LogP contribution >= 0.6 is 11.3 Å². The Kier molecular flexibility index (Phi) is 2.31. The Morgan fingerprint density at radius 2 is 2.46 bits per heavy atom. The molecule has 1 N–H and O–H groups in total. The first-order valence-corrected chi connectivity index (χ1v) is 5.32. The second-order valence-corrected chi connectivity index (χ2v) is 4.19. The van der Waals surface area contributed by atoms with E-state index in [-0.39, 0.29) is 5.92 Å². The third-order valence-corrected chi connectivity index (χ3v) is 3.43. The highest BCUT2D eigenvalue weighted by Gasteiger charge is 2.26. The van der Waals surface area contributed by atoms with Crippen molar-refractivity contribution in [2.45, 2.75) is 31.6 Å². The molecule has 0 amide bonds. The van der Waals surface area contributed by atoms with E-state index in [1.54, 1.807) is 5.51 Å². The lowest BCUT2D eigenvalue weighted by Crippen LogP contribution is -2.10. The Balaban J connectivity index is 2.36. The summed E-state index contributed by atoms with van der Waals surface area (Å²) in [6, 6.07) is 0. The van der Waals surface area contributed by atoms with Crippen LogP contribution in [0.1, 0.15) is 35.8 Å². The molecule has 0 spiro atoms. The molecule has 0 saturated heterocycles. The lowest BCUT2D eigenvalue weighted by molar-refractivity contribution is -0.138. The van der Waals surface area contributed by atoms with Gasteiger partial charge in [-0.25, -0.2) is 4.98 Å². The van der Waals surface area contributed by atoms with Crippen molar-refractivity contribution in [1.29, 1.82) is 0 Å². The van der Waals surface area contributed by atoms with Gasteiger partial charge in [-0.1, -0.05) is 6.42 Å². The van der Waals surface area contributed by atoms with Crippen LogP contribution in [0.4, 0.5) is 0 Å². The van der Waals surface area contributed by atoms with Crippen molar-refractivity contribution in [2.75, 3.05) is 0 Å². The molecule has 1 unspecified atom stereocenters. The van der Waals surface area contributed by atoms with Gasteiger partial charge >= 0.3 is 5.97 Å². The van der Waals surface area contributed by atoms with Crippen LogP contribution in [0.15, 0.2) is 5.51 Å². The second kappa shape index (κ2) is 3.46. The molecular weight excluding hydrogens is 186 g/mol. The van der Waals surface area contributed by atoms with Crippen molar-refractivity contribution in [3.63, 3.8) is 0 Å². The SMILES string of the molecule is O=C(O)C1CCCCc2ncsc21. The molecule has 0 aromatic carbocycles. The number of aromatic nitrogens is 1. The first-order valence-electron chi connectivity index (χ1n) is 4.44. The monoisotopic (exact) mass is 197 g/mol. The van der Waals surface area contributed by atoms with Crippen LogP contribution in [0.3, 0.4) is 0 Å². The zero-order valence-electron chi connectivity index (χ0n) is 7.19. The summed E-state index contributed by atoms with van der Waals surface area (Å²) in [4.78, 5) is 16.1. The lowest BCUT2D eigenvalue weighted by atomic mass is 10.0. The Hall–Kier alpha value is -0.900. The molecule has 0 radical (unpaired) electrons. The molecule has 70 valence electrons. The van der Waals surface area contributed by atoms with E-state index in [0.29, 0.717) is 0 Å². The number of carboxylic acids is 1. The molecule has 0 aliphatic heterocycles. The number of carboxylic acid groups (broad SMARTS) is 1. The number of hydrogen-bond acceptors (Lipinski definition) is 3. The van der Waals surface area contributed by atoms with Gasteiger partial charge in [-0.2, -0.15) is 0 Å². The van der Waals surface area contributed by atoms with Crippen LogP contribution in [0, 0.1) is 0 Å². The topological polar surface area (TPSA) is 50.2 Å². The average molecular weight is 197 g/mol. The molecule has 0 bridgehead atoms. The van der Waals surface area contributed by atoms with Gasteiger partial charge in [-0.15, -0.1) is 11.3 Å². The van der Waals surface area contributed by atoms with Gasteiger partial charge in [0.1, 0.15) is 0 Å². The summed E-state index contributed by atoms with van der Waals surface area (Å²) in [5, 5.41) is 9.01. The predicted molar refractivity (Wildman–Crippen MR) is 50.0 cm³/mol. The van der Waals surface area contributed by atoms with E-state index >= 15 is 0 Å². The van der Waals surface area contributed by atoms with Gasteiger partial charge in [0.15, 0.2) is 0 Å². The Bertz CT molecular complexity index is 321. The van der Waals surface area contributed by atoms with Gasteiger partial charge in [-0.3, -0.25) is 4.79 Å². The fraction of sp³-hybridized carbons (Fsp3) is 0.556. The third kappa shape index (κ3) is 1.58. The van der Waals surface area contributed by atoms with Crippen molar-refractivity contribution >= 4 is 17.3 Å². The van der Waals surface area contributed by atoms with E-state index in [0.717, 1.165) is 36.3 Å². The van der Waals surface area contributed by atoms with Crippen molar-refractivity contribution < 1.29 is 9.90 Å². The molecule has 13 heavy (non-hydrogen) atoms. The Morgan fingerprint density at radius 1 is 1.62 bits per heavy atom. The highest BCUT2D eigenvalue weighted by Crippen LogP contribution is 2.32. The summed E-state index contributed by atoms with van der Waals surface area (Å²) < 4.78 is 0. The fourth-order valence-corrected chi connectivity index (χ4v) is 2.72. The van der Waals surface area contributed by atoms with E-state index in [9.17, 15) is 4.79 Å². The van der Waals surface area contributed by atoms with Crippen molar-refractivity contribution in [1.82, 2.24) is 4.98 Å². The van der Waals surface area contributed by atoms with Gasteiger partial charge < -0.3 is 5.11 Å². The van der Waals surface area contributed by atoms with Crippen LogP contribution in [-0.2, 0) is 11.2 Å². The number of thiazole rings is 1. The average Bonchev–Trinajstić information content (AvgIpc) is 2.44. The standard InChI is InChI=1S/C9H11NO2S/c11-9(12)6-3-1-2-4-7-8(6)13-5-10-7/h5-6H,1-4H2,(H,11,12). The Labute approximate surface area is 80.4 Å². The maximum Gasteiger partial charge on any atom is 0.311 e. The summed E-state index contributed by atoms with van der Waals surface area (Å²) >= 11 is 1.48. The number of aliphatic carboxylic acids is 1. The first-order chi connectivity index (χ1) is 6.29. The molecule has 1 aromatic heterocycles. The van der Waals surface area contributed by atoms with Crippen molar-refractivity contribution in [3.05, 3.63) is 16.1 Å². The lowest BCUT2D eigenvalue weighted by Gasteiger charge is -2.06. The third-order valence-electron chi connectivity index (χ3n) is 2.44. The quantitative estimate of drug-likeness (QED) is 0.701. The highest BCUT2D eigenvalue weighted by molar-refractivity contribution is 7.10. The van der Waals surface area contributed by atoms with Crippen LogP contribution in [0.2, 0.25) is 0 Å². The maximum absolute atomic E-state index is 10.9. The van der Waals surface area contributed by atoms with Crippen LogP contribution in [0.5, 0.6) is 0 Å². The van der Waals surface area contributed by atoms with Gasteiger partial charge in [-0.05, 0) is 19.3 Å². The summed E-state index contributed by atoms with van der Waals surface area (Å²) in [5.41, 5.74) is 2.77. The number of aryl methyl sites for hydroxylation is 1. The molecule has 1 aromatic rings. The summed E-state index contributed by atoms with van der Waals surface area (Å²) in [6.45, 7) is 0. The van der Waals surface area contributed by atoms with Crippen LogP contribution < -0.4 is 0 Å². The Morgan fingerprint density at radius 3 is 3.23 bits per heavy atom. The normalized spacial score (nSPS) is 22.0. The van der Waals surface area contributed by atoms with Crippen LogP contribution in [0.25, 0.3) is 0 Å². The van der Waals surface area contributed by atoms with Crippen molar-refractivity contribution in [2.24, 2.45) is 0 Å². The zero-order chi connectivity index (χ0) is 9.26. The minimum Gasteiger partial charge on any atom is -0.481 e. The molecule has 0 fully saturated rings. The highest BCUT2D eigenvalue weighted by atomic mass is 32.1. The van der Waals surface area contributed by atoms with Crippen molar-refractivity contribution in [3.8, 4) is 0 Å². The summed E-state index contributed by atoms with van der Waals surface area (Å²) in [6.07, 6.45) is 3.79. The van der Waals surface area contributed by atoms with E-state index in [1.165, 1.54) is 11.3 Å². The number of hydrogen-bond donors (Lipinski definition) is 1. The smallest absolute Gasteiger partial charge is 0.311 e. The summed E-state index contributed by atoms with van der Waals surface area (Å²) in [7, 11) is 0. The van der Waals surface area contributed by atoms with E-state index in [4.69, 9.17) is 5.11 Å². The predicted octanol–water partition coefficient (Wildman–Crippen LogP) is 2.04. The number of fused-ring (bicyclic) bond motifs is 1. The number of nitrogens with zero attached hydrogens (tertiary/aromatic N) is 1. The first kappa shape index (κ1) is 8.69. The minimum atomic E-state index is -0.701.